The van der Waals surface area contributed by atoms with E-state index in [1.54, 1.807) is 23.9 Å². The number of pyridine rings is 1. The maximum absolute atomic E-state index is 13.0. The van der Waals surface area contributed by atoms with E-state index in [1.165, 1.54) is 25.9 Å². The molecular formula is C24H26N6O3. The van der Waals surface area contributed by atoms with Gasteiger partial charge in [-0.1, -0.05) is 0 Å². The first-order valence-corrected chi connectivity index (χ1v) is 11.3. The number of carbonyl (C=O) groups excluding carboxylic acids is 1. The molecule has 5 heterocycles. The van der Waals surface area contributed by atoms with Gasteiger partial charge in [0.05, 0.1) is 18.3 Å². The number of likely N-dealkylation sites (tertiary alicyclic amines) is 1. The summed E-state index contributed by atoms with van der Waals surface area (Å²) in [5.74, 6) is 1.33. The number of hydrogen-bond acceptors (Lipinski definition) is 7. The van der Waals surface area contributed by atoms with Crippen LogP contribution in [0.5, 0.6) is 5.75 Å². The van der Waals surface area contributed by atoms with E-state index in [0.29, 0.717) is 28.6 Å². The lowest BCUT2D eigenvalue weighted by molar-refractivity contribution is 0.0998. The molecular weight excluding hydrogens is 420 g/mol. The Kier molecular flexibility index (Phi) is 4.72. The molecule has 2 aliphatic rings. The molecule has 170 valence electrons. The van der Waals surface area contributed by atoms with E-state index >= 15 is 0 Å². The zero-order chi connectivity index (χ0) is 22.5. The molecule has 1 N–H and O–H groups in total. The first-order chi connectivity index (χ1) is 16.1. The van der Waals surface area contributed by atoms with Crippen LogP contribution in [0, 0.1) is 0 Å². The number of rotatable bonds is 5. The Morgan fingerprint density at radius 3 is 2.85 bits per heavy atom. The van der Waals surface area contributed by atoms with Gasteiger partial charge in [0, 0.05) is 49.9 Å². The normalized spacial score (nSPS) is 18.7. The molecule has 6 rings (SSSR count). The van der Waals surface area contributed by atoms with E-state index in [2.05, 4.69) is 20.2 Å². The number of hydrogen-bond donors (Lipinski definition) is 1. The largest absolute Gasteiger partial charge is 0.494 e. The Balaban J connectivity index is 1.23. The van der Waals surface area contributed by atoms with E-state index in [9.17, 15) is 4.79 Å². The molecule has 4 aromatic rings. The minimum absolute atomic E-state index is 0.211. The lowest BCUT2D eigenvalue weighted by Crippen LogP contribution is -2.46. The van der Waals surface area contributed by atoms with Crippen molar-refractivity contribution in [2.45, 2.75) is 18.9 Å². The highest BCUT2D eigenvalue weighted by Crippen LogP contribution is 2.31. The van der Waals surface area contributed by atoms with Crippen LogP contribution in [-0.4, -0.2) is 64.9 Å². The average molecular weight is 447 g/mol. The second kappa shape index (κ2) is 7.77. The number of methoxy groups -OCH3 is 1. The first-order valence-electron chi connectivity index (χ1n) is 11.3. The van der Waals surface area contributed by atoms with Crippen LogP contribution >= 0.6 is 0 Å². The monoisotopic (exact) mass is 446 g/mol. The summed E-state index contributed by atoms with van der Waals surface area (Å²) in [6.45, 7) is 4.43. The third kappa shape index (κ3) is 3.58. The van der Waals surface area contributed by atoms with Crippen LogP contribution in [0.1, 0.15) is 23.4 Å². The van der Waals surface area contributed by atoms with E-state index < -0.39 is 0 Å². The van der Waals surface area contributed by atoms with Gasteiger partial charge in [-0.2, -0.15) is 5.10 Å². The van der Waals surface area contributed by atoms with E-state index in [1.807, 2.05) is 31.4 Å². The zero-order valence-corrected chi connectivity index (χ0v) is 18.7. The van der Waals surface area contributed by atoms with Gasteiger partial charge in [0.25, 0.3) is 5.91 Å². The molecule has 9 nitrogen and oxygen atoms in total. The molecule has 2 saturated heterocycles. The molecule has 1 unspecified atom stereocenters. The lowest BCUT2D eigenvalue weighted by atomic mass is 10.1. The Morgan fingerprint density at radius 1 is 1.18 bits per heavy atom. The molecule has 3 aromatic heterocycles. The fourth-order valence-corrected chi connectivity index (χ4v) is 4.78. The minimum Gasteiger partial charge on any atom is -0.494 e. The second-order valence-corrected chi connectivity index (χ2v) is 8.81. The van der Waals surface area contributed by atoms with Crippen LogP contribution in [0.15, 0.2) is 40.9 Å². The van der Waals surface area contributed by atoms with Crippen molar-refractivity contribution in [1.29, 1.82) is 0 Å². The standard InChI is InChI=1S/C24H26N6O3/c1-28-13-15-10-18(21(32-2)11-17(15)27-28)26-24(31)22-12-19-20(33-22)4-5-23(25-19)30-9-6-16(14-30)29-7-3-8-29/h4-5,10-13,16H,3,6-9,14H2,1-2H3,(H,26,31). The number of carbonyl (C=O) groups is 1. The van der Waals surface area contributed by atoms with Crippen molar-refractivity contribution in [3.63, 3.8) is 0 Å². The summed E-state index contributed by atoms with van der Waals surface area (Å²) >= 11 is 0. The fraction of sp³-hybridized carbons (Fsp3) is 0.375. The number of furan rings is 1. The van der Waals surface area contributed by atoms with Gasteiger partial charge in [0.2, 0.25) is 0 Å². The summed E-state index contributed by atoms with van der Waals surface area (Å²) in [5.41, 5.74) is 2.63. The quantitative estimate of drug-likeness (QED) is 0.503. The Morgan fingerprint density at radius 2 is 2.06 bits per heavy atom. The van der Waals surface area contributed by atoms with Crippen LogP contribution in [0.25, 0.3) is 22.0 Å². The number of ether oxygens (including phenoxy) is 1. The number of nitrogens with zero attached hydrogens (tertiary/aromatic N) is 5. The average Bonchev–Trinajstić information content (AvgIpc) is 3.48. The van der Waals surface area contributed by atoms with Crippen LogP contribution < -0.4 is 15.0 Å². The van der Waals surface area contributed by atoms with Crippen molar-refractivity contribution in [3.8, 4) is 5.75 Å². The highest BCUT2D eigenvalue weighted by atomic mass is 16.5. The van der Waals surface area contributed by atoms with E-state index in [-0.39, 0.29) is 11.7 Å². The summed E-state index contributed by atoms with van der Waals surface area (Å²) < 4.78 is 13.0. The predicted molar refractivity (Wildman–Crippen MR) is 126 cm³/mol. The van der Waals surface area contributed by atoms with Gasteiger partial charge in [-0.3, -0.25) is 14.4 Å². The molecule has 0 bridgehead atoms. The molecule has 2 fully saturated rings. The molecule has 2 aliphatic heterocycles. The molecule has 33 heavy (non-hydrogen) atoms. The number of aromatic nitrogens is 3. The van der Waals surface area contributed by atoms with Crippen molar-refractivity contribution in [2.24, 2.45) is 7.05 Å². The van der Waals surface area contributed by atoms with Crippen molar-refractivity contribution in [2.75, 3.05) is 43.5 Å². The number of fused-ring (bicyclic) bond motifs is 2. The molecule has 0 radical (unpaired) electrons. The van der Waals surface area contributed by atoms with Gasteiger partial charge in [-0.15, -0.1) is 0 Å². The molecule has 0 spiro atoms. The third-order valence-electron chi connectivity index (χ3n) is 6.67. The van der Waals surface area contributed by atoms with Crippen molar-refractivity contribution in [3.05, 3.63) is 42.3 Å². The lowest BCUT2D eigenvalue weighted by Gasteiger charge is -2.36. The van der Waals surface area contributed by atoms with Gasteiger partial charge >= 0.3 is 0 Å². The van der Waals surface area contributed by atoms with Crippen molar-refractivity contribution < 1.29 is 13.9 Å². The summed E-state index contributed by atoms with van der Waals surface area (Å²) in [5, 5.41) is 8.19. The van der Waals surface area contributed by atoms with Gasteiger partial charge in [0.15, 0.2) is 11.3 Å². The van der Waals surface area contributed by atoms with Gasteiger partial charge in [-0.25, -0.2) is 4.98 Å². The maximum atomic E-state index is 13.0. The first kappa shape index (κ1) is 20.0. The smallest absolute Gasteiger partial charge is 0.291 e. The minimum atomic E-state index is -0.352. The number of amides is 1. The van der Waals surface area contributed by atoms with Crippen LogP contribution in [0.4, 0.5) is 11.5 Å². The van der Waals surface area contributed by atoms with Crippen molar-refractivity contribution in [1.82, 2.24) is 19.7 Å². The van der Waals surface area contributed by atoms with Crippen LogP contribution in [-0.2, 0) is 7.05 Å². The number of benzene rings is 1. The van der Waals surface area contributed by atoms with Crippen LogP contribution in [0.2, 0.25) is 0 Å². The SMILES string of the molecule is COc1cc2nn(C)cc2cc1NC(=O)c1cc2nc(N3CCC(N4CCC4)C3)ccc2o1. The molecule has 1 amide bonds. The summed E-state index contributed by atoms with van der Waals surface area (Å²) in [7, 11) is 3.42. The Bertz CT molecular complexity index is 1360. The molecule has 9 heteroatoms. The number of anilines is 2. The zero-order valence-electron chi connectivity index (χ0n) is 18.7. The van der Waals surface area contributed by atoms with Crippen molar-refractivity contribution >= 4 is 39.4 Å². The topological polar surface area (TPSA) is 88.7 Å². The third-order valence-corrected chi connectivity index (χ3v) is 6.67. The summed E-state index contributed by atoms with van der Waals surface area (Å²) in [6, 6.07) is 9.85. The predicted octanol–water partition coefficient (Wildman–Crippen LogP) is 3.26. The van der Waals surface area contributed by atoms with Gasteiger partial charge < -0.3 is 19.4 Å². The highest BCUT2D eigenvalue weighted by Gasteiger charge is 2.31. The molecule has 0 aliphatic carbocycles. The highest BCUT2D eigenvalue weighted by molar-refractivity contribution is 6.06. The van der Waals surface area contributed by atoms with E-state index in [0.717, 1.165) is 29.8 Å². The Labute approximate surface area is 190 Å². The van der Waals surface area contributed by atoms with Crippen LogP contribution in [0.3, 0.4) is 0 Å². The summed E-state index contributed by atoms with van der Waals surface area (Å²) in [4.78, 5) is 22.6. The molecule has 0 saturated carbocycles. The van der Waals surface area contributed by atoms with Gasteiger partial charge in [-0.05, 0) is 44.1 Å². The second-order valence-electron chi connectivity index (χ2n) is 8.81. The fourth-order valence-electron chi connectivity index (χ4n) is 4.78. The molecule has 1 atom stereocenters. The number of aryl methyl sites for hydroxylation is 1. The maximum Gasteiger partial charge on any atom is 0.291 e. The van der Waals surface area contributed by atoms with E-state index in [4.69, 9.17) is 14.1 Å². The molecule has 1 aromatic carbocycles. The summed E-state index contributed by atoms with van der Waals surface area (Å²) in [6.07, 6.45) is 4.37. The number of nitrogens with one attached hydrogen (secondary N) is 1. The van der Waals surface area contributed by atoms with Gasteiger partial charge in [0.1, 0.15) is 17.1 Å². The Hall–Kier alpha value is -3.59.